The van der Waals surface area contributed by atoms with E-state index in [-0.39, 0.29) is 17.7 Å². The van der Waals surface area contributed by atoms with Crippen LogP contribution in [0.1, 0.15) is 38.5 Å². The first-order valence-electron chi connectivity index (χ1n) is 5.48. The van der Waals surface area contributed by atoms with Gasteiger partial charge in [-0.1, -0.05) is 24.4 Å². The van der Waals surface area contributed by atoms with Crippen LogP contribution in [0.2, 0.25) is 0 Å². The molecule has 0 aromatic carbocycles. The molecular weight excluding hydrogens is 194 g/mol. The van der Waals surface area contributed by atoms with Crippen LogP contribution in [0.3, 0.4) is 0 Å². The molecule has 0 unspecified atom stereocenters. The Balaban J connectivity index is 2.17. The first kappa shape index (κ1) is 11.8. The van der Waals surface area contributed by atoms with Crippen molar-refractivity contribution in [1.29, 1.82) is 0 Å². The smallest absolute Gasteiger partial charge is 0.223 e. The van der Waals surface area contributed by atoms with E-state index in [0.29, 0.717) is 13.0 Å². The summed E-state index contributed by atoms with van der Waals surface area (Å²) in [5.74, 6) is 0.436. The SMILES string of the molecule is NC(CCNC(=O)C1CCCCC1)=NO. The van der Waals surface area contributed by atoms with Crippen LogP contribution in [-0.2, 0) is 4.79 Å². The van der Waals surface area contributed by atoms with Crippen molar-refractivity contribution >= 4 is 11.7 Å². The summed E-state index contributed by atoms with van der Waals surface area (Å²) in [7, 11) is 0. The van der Waals surface area contributed by atoms with Gasteiger partial charge in [0.1, 0.15) is 5.84 Å². The fourth-order valence-electron chi connectivity index (χ4n) is 1.87. The van der Waals surface area contributed by atoms with E-state index in [1.54, 1.807) is 0 Å². The zero-order valence-corrected chi connectivity index (χ0v) is 8.91. The van der Waals surface area contributed by atoms with Crippen molar-refractivity contribution < 1.29 is 10.0 Å². The number of hydrogen-bond acceptors (Lipinski definition) is 3. The molecule has 0 bridgehead atoms. The van der Waals surface area contributed by atoms with Gasteiger partial charge in [-0.05, 0) is 12.8 Å². The summed E-state index contributed by atoms with van der Waals surface area (Å²) in [6, 6.07) is 0. The Hall–Kier alpha value is -1.26. The van der Waals surface area contributed by atoms with Gasteiger partial charge in [-0.15, -0.1) is 0 Å². The van der Waals surface area contributed by atoms with Gasteiger partial charge in [0.2, 0.25) is 5.91 Å². The molecule has 0 aromatic rings. The minimum Gasteiger partial charge on any atom is -0.409 e. The first-order chi connectivity index (χ1) is 7.24. The van der Waals surface area contributed by atoms with Crippen molar-refractivity contribution in [2.24, 2.45) is 16.8 Å². The fourth-order valence-corrected chi connectivity index (χ4v) is 1.87. The largest absolute Gasteiger partial charge is 0.409 e. The lowest BCUT2D eigenvalue weighted by molar-refractivity contribution is -0.125. The number of nitrogens with two attached hydrogens (primary N) is 1. The summed E-state index contributed by atoms with van der Waals surface area (Å²) in [4.78, 5) is 11.6. The summed E-state index contributed by atoms with van der Waals surface area (Å²) < 4.78 is 0. The molecule has 1 aliphatic rings. The van der Waals surface area contributed by atoms with E-state index in [1.807, 2.05) is 0 Å². The zero-order valence-electron chi connectivity index (χ0n) is 8.91. The van der Waals surface area contributed by atoms with Crippen molar-refractivity contribution in [2.45, 2.75) is 38.5 Å². The Morgan fingerprint density at radius 3 is 2.67 bits per heavy atom. The van der Waals surface area contributed by atoms with E-state index in [9.17, 15) is 4.79 Å². The third-order valence-electron chi connectivity index (χ3n) is 2.78. The van der Waals surface area contributed by atoms with Gasteiger partial charge in [0.15, 0.2) is 0 Å². The topological polar surface area (TPSA) is 87.7 Å². The number of oxime groups is 1. The number of amidine groups is 1. The molecule has 86 valence electrons. The van der Waals surface area contributed by atoms with Gasteiger partial charge in [0, 0.05) is 18.9 Å². The molecule has 0 aromatic heterocycles. The molecule has 1 rings (SSSR count). The zero-order chi connectivity index (χ0) is 11.1. The summed E-state index contributed by atoms with van der Waals surface area (Å²) in [6.07, 6.45) is 5.93. The highest BCUT2D eigenvalue weighted by Gasteiger charge is 2.20. The summed E-state index contributed by atoms with van der Waals surface area (Å²) in [5.41, 5.74) is 5.29. The number of carbonyl (C=O) groups is 1. The molecule has 1 aliphatic carbocycles. The summed E-state index contributed by atoms with van der Waals surface area (Å²) in [6.45, 7) is 0.450. The second-order valence-corrected chi connectivity index (χ2v) is 3.97. The third-order valence-corrected chi connectivity index (χ3v) is 2.78. The maximum atomic E-state index is 11.6. The van der Waals surface area contributed by atoms with Gasteiger partial charge in [-0.2, -0.15) is 0 Å². The maximum absolute atomic E-state index is 11.6. The second kappa shape index (κ2) is 6.27. The highest BCUT2D eigenvalue weighted by atomic mass is 16.4. The number of amides is 1. The normalized spacial score (nSPS) is 18.8. The molecule has 5 nitrogen and oxygen atoms in total. The minimum absolute atomic E-state index is 0.112. The van der Waals surface area contributed by atoms with Gasteiger partial charge in [0.05, 0.1) is 0 Å². The number of nitrogens with zero attached hydrogens (tertiary/aromatic N) is 1. The quantitative estimate of drug-likeness (QED) is 0.279. The first-order valence-corrected chi connectivity index (χ1v) is 5.48. The summed E-state index contributed by atoms with van der Waals surface area (Å²) in [5, 5.41) is 13.9. The predicted molar refractivity (Wildman–Crippen MR) is 57.6 cm³/mol. The molecule has 0 atom stereocenters. The van der Waals surface area contributed by atoms with Gasteiger partial charge in [-0.3, -0.25) is 4.79 Å². The molecule has 0 radical (unpaired) electrons. The number of hydrogen-bond donors (Lipinski definition) is 3. The number of rotatable bonds is 4. The van der Waals surface area contributed by atoms with E-state index in [4.69, 9.17) is 10.9 Å². The Labute approximate surface area is 89.7 Å². The van der Waals surface area contributed by atoms with Crippen LogP contribution in [0.15, 0.2) is 5.16 Å². The lowest BCUT2D eigenvalue weighted by Gasteiger charge is -2.20. The molecule has 0 saturated heterocycles. The molecular formula is C10H19N3O2. The lowest BCUT2D eigenvalue weighted by Crippen LogP contribution is -2.34. The van der Waals surface area contributed by atoms with E-state index in [0.717, 1.165) is 25.7 Å². The van der Waals surface area contributed by atoms with Crippen LogP contribution in [0.5, 0.6) is 0 Å². The van der Waals surface area contributed by atoms with E-state index in [2.05, 4.69) is 10.5 Å². The molecule has 1 saturated carbocycles. The second-order valence-electron chi connectivity index (χ2n) is 3.97. The van der Waals surface area contributed by atoms with Crippen LogP contribution >= 0.6 is 0 Å². The lowest BCUT2D eigenvalue weighted by atomic mass is 9.89. The average Bonchev–Trinajstić information content (AvgIpc) is 2.29. The van der Waals surface area contributed by atoms with Crippen LogP contribution < -0.4 is 11.1 Å². The highest BCUT2D eigenvalue weighted by molar-refractivity contribution is 5.82. The van der Waals surface area contributed by atoms with E-state index < -0.39 is 0 Å². The molecule has 15 heavy (non-hydrogen) atoms. The van der Waals surface area contributed by atoms with Crippen molar-refractivity contribution in [1.82, 2.24) is 5.32 Å². The molecule has 4 N–H and O–H groups in total. The predicted octanol–water partition coefficient (Wildman–Crippen LogP) is 0.819. The standard InChI is InChI=1S/C10H19N3O2/c11-9(13-15)6-7-12-10(14)8-4-2-1-3-5-8/h8,15H,1-7H2,(H2,11,13)(H,12,14). The van der Waals surface area contributed by atoms with Crippen molar-refractivity contribution in [2.75, 3.05) is 6.54 Å². The van der Waals surface area contributed by atoms with Crippen LogP contribution in [-0.4, -0.2) is 23.5 Å². The van der Waals surface area contributed by atoms with Crippen molar-refractivity contribution in [3.05, 3.63) is 0 Å². The monoisotopic (exact) mass is 213 g/mol. The maximum Gasteiger partial charge on any atom is 0.223 e. The molecule has 0 spiro atoms. The molecule has 1 amide bonds. The molecule has 0 aliphatic heterocycles. The van der Waals surface area contributed by atoms with Gasteiger partial charge in [-0.25, -0.2) is 0 Å². The Kier molecular flexibility index (Phi) is 4.93. The Morgan fingerprint density at radius 2 is 2.07 bits per heavy atom. The van der Waals surface area contributed by atoms with Gasteiger partial charge < -0.3 is 16.3 Å². The van der Waals surface area contributed by atoms with E-state index in [1.165, 1.54) is 6.42 Å². The summed E-state index contributed by atoms with van der Waals surface area (Å²) >= 11 is 0. The Bertz CT molecular complexity index is 235. The average molecular weight is 213 g/mol. The van der Waals surface area contributed by atoms with Crippen LogP contribution in [0.25, 0.3) is 0 Å². The number of carbonyl (C=O) groups excluding carboxylic acids is 1. The highest BCUT2D eigenvalue weighted by Crippen LogP contribution is 2.23. The number of nitrogens with one attached hydrogen (secondary N) is 1. The third kappa shape index (κ3) is 4.18. The van der Waals surface area contributed by atoms with Gasteiger partial charge >= 0.3 is 0 Å². The molecule has 1 fully saturated rings. The molecule has 5 heteroatoms. The Morgan fingerprint density at radius 1 is 1.40 bits per heavy atom. The fraction of sp³-hybridized carbons (Fsp3) is 0.800. The van der Waals surface area contributed by atoms with E-state index >= 15 is 0 Å². The minimum atomic E-state index is 0.112. The molecule has 0 heterocycles. The van der Waals surface area contributed by atoms with Gasteiger partial charge in [0.25, 0.3) is 0 Å². The van der Waals surface area contributed by atoms with Crippen molar-refractivity contribution in [3.63, 3.8) is 0 Å². The van der Waals surface area contributed by atoms with Crippen LogP contribution in [0.4, 0.5) is 0 Å². The van der Waals surface area contributed by atoms with Crippen LogP contribution in [0, 0.1) is 5.92 Å². The van der Waals surface area contributed by atoms with Crippen molar-refractivity contribution in [3.8, 4) is 0 Å².